The highest BCUT2D eigenvalue weighted by molar-refractivity contribution is 7.85. The summed E-state index contributed by atoms with van der Waals surface area (Å²) < 4.78 is 11.9. The third-order valence-electron chi connectivity index (χ3n) is 2.37. The van der Waals surface area contributed by atoms with E-state index >= 15 is 0 Å². The number of rotatable bonds is 5. The summed E-state index contributed by atoms with van der Waals surface area (Å²) in [5.74, 6) is 0.556. The molecule has 0 saturated carbocycles. The zero-order valence-corrected chi connectivity index (χ0v) is 10.7. The first-order valence-corrected chi connectivity index (χ1v) is 6.91. The smallest absolute Gasteiger partial charge is 0.0622 e. The quantitative estimate of drug-likeness (QED) is 0.756. The van der Waals surface area contributed by atoms with Crippen LogP contribution in [0.1, 0.15) is 30.6 Å². The van der Waals surface area contributed by atoms with Gasteiger partial charge in [-0.3, -0.25) is 4.21 Å². The maximum absolute atomic E-state index is 11.9. The minimum absolute atomic E-state index is 0.0765. The first-order chi connectivity index (χ1) is 7.66. The summed E-state index contributed by atoms with van der Waals surface area (Å²) >= 11 is 6.04. The van der Waals surface area contributed by atoms with Gasteiger partial charge in [-0.15, -0.1) is 0 Å². The Morgan fingerprint density at radius 3 is 2.81 bits per heavy atom. The molecule has 0 N–H and O–H groups in total. The average Bonchev–Trinajstić information content (AvgIpc) is 2.29. The summed E-state index contributed by atoms with van der Waals surface area (Å²) in [6, 6.07) is 9.51. The summed E-state index contributed by atoms with van der Waals surface area (Å²) in [5.41, 5.74) is 0.916. The highest BCUT2D eigenvalue weighted by Crippen LogP contribution is 2.26. The monoisotopic (exact) mass is 255 g/mol. The number of nitriles is 1. The third-order valence-corrected chi connectivity index (χ3v) is 4.45. The van der Waals surface area contributed by atoms with Gasteiger partial charge in [-0.05, 0) is 25.0 Å². The van der Waals surface area contributed by atoms with Crippen LogP contribution in [0.3, 0.4) is 0 Å². The Morgan fingerprint density at radius 1 is 1.50 bits per heavy atom. The first-order valence-electron chi connectivity index (χ1n) is 5.15. The molecule has 2 atom stereocenters. The zero-order valence-electron chi connectivity index (χ0n) is 9.15. The van der Waals surface area contributed by atoms with Crippen LogP contribution in [-0.2, 0) is 10.8 Å². The fraction of sp³-hybridized carbons (Fsp3) is 0.417. The van der Waals surface area contributed by atoms with Gasteiger partial charge in [0.05, 0.1) is 11.3 Å². The Balaban J connectivity index is 2.64. The van der Waals surface area contributed by atoms with Crippen LogP contribution in [0.15, 0.2) is 24.3 Å². The molecular weight excluding hydrogens is 242 g/mol. The van der Waals surface area contributed by atoms with Crippen LogP contribution >= 0.6 is 11.6 Å². The molecule has 0 unspecified atom stereocenters. The van der Waals surface area contributed by atoms with Crippen LogP contribution in [0.25, 0.3) is 0 Å². The number of nitrogens with zero attached hydrogens (tertiary/aromatic N) is 1. The van der Waals surface area contributed by atoms with Gasteiger partial charge in [0.2, 0.25) is 0 Å². The van der Waals surface area contributed by atoms with Crippen LogP contribution in [-0.4, -0.2) is 9.96 Å². The lowest BCUT2D eigenvalue weighted by Gasteiger charge is -2.12. The maximum atomic E-state index is 11.9. The molecule has 0 spiro atoms. The van der Waals surface area contributed by atoms with Crippen molar-refractivity contribution < 1.29 is 4.21 Å². The van der Waals surface area contributed by atoms with Gasteiger partial charge in [0.15, 0.2) is 0 Å². The summed E-state index contributed by atoms with van der Waals surface area (Å²) in [6.45, 7) is 1.91. The Kier molecular flexibility index (Phi) is 5.51. The molecule has 4 heteroatoms. The van der Waals surface area contributed by atoms with Crippen molar-refractivity contribution in [2.75, 3.05) is 5.75 Å². The van der Waals surface area contributed by atoms with Crippen molar-refractivity contribution in [2.45, 2.75) is 25.0 Å². The van der Waals surface area contributed by atoms with Crippen LogP contribution in [0.2, 0.25) is 5.02 Å². The summed E-state index contributed by atoms with van der Waals surface area (Å²) in [6.07, 6.45) is 1.14. The number of hydrogen-bond acceptors (Lipinski definition) is 2. The van der Waals surface area contributed by atoms with Crippen LogP contribution in [0, 0.1) is 11.3 Å². The van der Waals surface area contributed by atoms with E-state index in [-0.39, 0.29) is 5.25 Å². The molecule has 0 saturated heterocycles. The molecule has 2 nitrogen and oxygen atoms in total. The largest absolute Gasteiger partial charge is 0.259 e. The number of unbranched alkanes of at least 4 members (excludes halogenated alkanes) is 1. The van der Waals surface area contributed by atoms with E-state index in [1.807, 2.05) is 25.1 Å². The molecule has 0 bridgehead atoms. The topological polar surface area (TPSA) is 40.9 Å². The van der Waals surface area contributed by atoms with E-state index in [1.165, 1.54) is 0 Å². The SMILES string of the molecule is C[C@@H](c1ccccc1Cl)[S@@](=O)CCCC#N. The van der Waals surface area contributed by atoms with Crippen LogP contribution in [0.5, 0.6) is 0 Å². The van der Waals surface area contributed by atoms with Crippen molar-refractivity contribution >= 4 is 22.4 Å². The number of halogens is 1. The lowest BCUT2D eigenvalue weighted by Crippen LogP contribution is -2.07. The Hall–Kier alpha value is -0.850. The van der Waals surface area contributed by atoms with E-state index in [4.69, 9.17) is 16.9 Å². The van der Waals surface area contributed by atoms with E-state index in [2.05, 4.69) is 6.07 Å². The van der Waals surface area contributed by atoms with E-state index < -0.39 is 10.8 Å². The van der Waals surface area contributed by atoms with Gasteiger partial charge in [-0.2, -0.15) is 5.26 Å². The van der Waals surface area contributed by atoms with Crippen molar-refractivity contribution in [1.82, 2.24) is 0 Å². The second-order valence-corrected chi connectivity index (χ2v) is 5.79. The molecule has 0 heterocycles. The van der Waals surface area contributed by atoms with Gasteiger partial charge in [0.1, 0.15) is 0 Å². The molecular formula is C12H14ClNOS. The maximum Gasteiger partial charge on any atom is 0.0622 e. The van der Waals surface area contributed by atoms with Crippen molar-refractivity contribution in [3.05, 3.63) is 34.9 Å². The summed E-state index contributed by atoms with van der Waals surface area (Å²) in [7, 11) is -0.963. The van der Waals surface area contributed by atoms with Crippen LogP contribution < -0.4 is 0 Å². The molecule has 0 aromatic heterocycles. The molecule has 0 amide bonds. The number of benzene rings is 1. The standard InChI is InChI=1S/C12H14ClNOS/c1-10(16(15)9-5-4-8-14)11-6-2-3-7-12(11)13/h2-3,6-7,10H,4-5,9H2,1H3/t10-,16-/m0/s1. The van der Waals surface area contributed by atoms with Crippen molar-refractivity contribution in [1.29, 1.82) is 5.26 Å². The average molecular weight is 256 g/mol. The molecule has 0 aliphatic rings. The predicted octanol–water partition coefficient (Wildman–Crippen LogP) is 3.45. The normalized spacial score (nSPS) is 14.1. The predicted molar refractivity (Wildman–Crippen MR) is 67.7 cm³/mol. The van der Waals surface area contributed by atoms with Crippen LogP contribution in [0.4, 0.5) is 0 Å². The molecule has 0 fully saturated rings. The number of hydrogen-bond donors (Lipinski definition) is 0. The van der Waals surface area contributed by atoms with Gasteiger partial charge in [0, 0.05) is 28.0 Å². The van der Waals surface area contributed by atoms with E-state index in [0.29, 0.717) is 23.6 Å². The van der Waals surface area contributed by atoms with Gasteiger partial charge in [-0.25, -0.2) is 0 Å². The second-order valence-electron chi connectivity index (χ2n) is 3.51. The molecule has 16 heavy (non-hydrogen) atoms. The lowest BCUT2D eigenvalue weighted by atomic mass is 10.2. The molecule has 0 radical (unpaired) electrons. The minimum Gasteiger partial charge on any atom is -0.259 e. The summed E-state index contributed by atoms with van der Waals surface area (Å²) in [5, 5.41) is 8.99. The molecule has 0 aliphatic carbocycles. The fourth-order valence-electron chi connectivity index (χ4n) is 1.42. The molecule has 1 aromatic rings. The van der Waals surface area contributed by atoms with E-state index in [0.717, 1.165) is 5.56 Å². The first kappa shape index (κ1) is 13.2. The van der Waals surface area contributed by atoms with E-state index in [1.54, 1.807) is 6.07 Å². The van der Waals surface area contributed by atoms with Crippen molar-refractivity contribution in [3.8, 4) is 6.07 Å². The van der Waals surface area contributed by atoms with Crippen molar-refractivity contribution in [2.24, 2.45) is 0 Å². The van der Waals surface area contributed by atoms with E-state index in [9.17, 15) is 4.21 Å². The highest BCUT2D eigenvalue weighted by atomic mass is 35.5. The third kappa shape index (κ3) is 3.62. The summed E-state index contributed by atoms with van der Waals surface area (Å²) in [4.78, 5) is 0. The Bertz CT molecular complexity index is 414. The minimum atomic E-state index is -0.963. The van der Waals surface area contributed by atoms with Gasteiger partial charge < -0.3 is 0 Å². The highest BCUT2D eigenvalue weighted by Gasteiger charge is 2.15. The van der Waals surface area contributed by atoms with Crippen molar-refractivity contribution in [3.63, 3.8) is 0 Å². The van der Waals surface area contributed by atoms with Gasteiger partial charge >= 0.3 is 0 Å². The molecule has 1 rings (SSSR count). The molecule has 0 aliphatic heterocycles. The Labute approximate surface area is 104 Å². The molecule has 86 valence electrons. The fourth-order valence-corrected chi connectivity index (χ4v) is 3.05. The molecule has 1 aromatic carbocycles. The van der Waals surface area contributed by atoms with Gasteiger partial charge in [0.25, 0.3) is 0 Å². The second kappa shape index (κ2) is 6.67. The zero-order chi connectivity index (χ0) is 12.0. The van der Waals surface area contributed by atoms with Gasteiger partial charge in [-0.1, -0.05) is 29.8 Å². The lowest BCUT2D eigenvalue weighted by molar-refractivity contribution is 0.673. The Morgan fingerprint density at radius 2 is 2.19 bits per heavy atom.